The first-order valence-corrected chi connectivity index (χ1v) is 10.8. The van der Waals surface area contributed by atoms with E-state index in [9.17, 15) is 4.79 Å². The van der Waals surface area contributed by atoms with Crippen molar-refractivity contribution in [2.24, 2.45) is 5.10 Å². The summed E-state index contributed by atoms with van der Waals surface area (Å²) in [5.41, 5.74) is 5.96. The first-order chi connectivity index (χ1) is 15.6. The fourth-order valence-corrected chi connectivity index (χ4v) is 4.47. The SMILES string of the molecule is Cc1ccc(C2(c3ccc(C)cc3)C(=O)N(/N=C/c3ccccc3)c3ccccc32)cc1. The minimum Gasteiger partial charge on any atom is -0.271 e. The largest absolute Gasteiger partial charge is 0.271 e. The fraction of sp³-hybridized carbons (Fsp3) is 0.103. The van der Waals surface area contributed by atoms with Crippen molar-refractivity contribution in [3.05, 3.63) is 137 Å². The van der Waals surface area contributed by atoms with Crippen LogP contribution in [0.4, 0.5) is 5.69 Å². The molecular formula is C29H24N2O. The van der Waals surface area contributed by atoms with Gasteiger partial charge >= 0.3 is 0 Å². The van der Waals surface area contributed by atoms with E-state index in [0.717, 1.165) is 39.1 Å². The molecule has 32 heavy (non-hydrogen) atoms. The summed E-state index contributed by atoms with van der Waals surface area (Å²) in [4.78, 5) is 14.3. The van der Waals surface area contributed by atoms with Gasteiger partial charge in [0.15, 0.2) is 0 Å². The van der Waals surface area contributed by atoms with Crippen LogP contribution in [0.1, 0.15) is 33.4 Å². The number of hydrogen-bond acceptors (Lipinski definition) is 2. The molecule has 0 saturated heterocycles. The van der Waals surface area contributed by atoms with Crippen LogP contribution in [0.3, 0.4) is 0 Å². The third kappa shape index (κ3) is 3.14. The Labute approximate surface area is 188 Å². The fourth-order valence-electron chi connectivity index (χ4n) is 4.47. The van der Waals surface area contributed by atoms with E-state index in [1.54, 1.807) is 11.2 Å². The number of carbonyl (C=O) groups excluding carboxylic acids is 1. The molecule has 0 radical (unpaired) electrons. The van der Waals surface area contributed by atoms with Gasteiger partial charge in [0.25, 0.3) is 5.91 Å². The topological polar surface area (TPSA) is 32.7 Å². The summed E-state index contributed by atoms with van der Waals surface area (Å²) in [6, 6.07) is 34.3. The molecule has 156 valence electrons. The van der Waals surface area contributed by atoms with E-state index in [0.29, 0.717) is 0 Å². The predicted octanol–water partition coefficient (Wildman–Crippen LogP) is 6.02. The van der Waals surface area contributed by atoms with Crippen molar-refractivity contribution in [1.29, 1.82) is 0 Å². The van der Waals surface area contributed by atoms with Crippen molar-refractivity contribution in [3.8, 4) is 0 Å². The summed E-state index contributed by atoms with van der Waals surface area (Å²) in [7, 11) is 0. The van der Waals surface area contributed by atoms with Gasteiger partial charge < -0.3 is 0 Å². The Morgan fingerprint density at radius 2 is 1.22 bits per heavy atom. The van der Waals surface area contributed by atoms with Crippen LogP contribution in [0.5, 0.6) is 0 Å². The highest BCUT2D eigenvalue weighted by Gasteiger charge is 2.53. The third-order valence-corrected chi connectivity index (χ3v) is 6.14. The van der Waals surface area contributed by atoms with Crippen molar-refractivity contribution < 1.29 is 4.79 Å². The molecule has 0 unspecified atom stereocenters. The smallest absolute Gasteiger partial charge is 0.267 e. The van der Waals surface area contributed by atoms with E-state index < -0.39 is 5.41 Å². The summed E-state index contributed by atoms with van der Waals surface area (Å²) < 4.78 is 0. The van der Waals surface area contributed by atoms with Gasteiger partial charge in [0.1, 0.15) is 5.41 Å². The first kappa shape index (κ1) is 20.0. The number of hydrogen-bond donors (Lipinski definition) is 0. The average molecular weight is 417 g/mol. The molecule has 0 aromatic heterocycles. The number of nitrogens with zero attached hydrogens (tertiary/aromatic N) is 2. The highest BCUT2D eigenvalue weighted by Crippen LogP contribution is 2.50. The molecule has 1 amide bonds. The first-order valence-electron chi connectivity index (χ1n) is 10.8. The molecule has 0 atom stereocenters. The van der Waals surface area contributed by atoms with Crippen LogP contribution < -0.4 is 5.01 Å². The molecule has 4 aromatic carbocycles. The number of para-hydroxylation sites is 1. The van der Waals surface area contributed by atoms with Gasteiger partial charge in [0.2, 0.25) is 0 Å². The van der Waals surface area contributed by atoms with E-state index in [-0.39, 0.29) is 5.91 Å². The number of anilines is 1. The van der Waals surface area contributed by atoms with Gasteiger partial charge in [-0.2, -0.15) is 10.1 Å². The highest BCUT2D eigenvalue weighted by molar-refractivity contribution is 6.13. The van der Waals surface area contributed by atoms with Crippen molar-refractivity contribution in [2.75, 3.05) is 5.01 Å². The van der Waals surface area contributed by atoms with Crippen LogP contribution in [0.15, 0.2) is 108 Å². The molecule has 3 heteroatoms. The Morgan fingerprint density at radius 3 is 1.81 bits per heavy atom. The van der Waals surface area contributed by atoms with E-state index in [1.807, 2.05) is 54.6 Å². The highest BCUT2D eigenvalue weighted by atomic mass is 16.2. The summed E-state index contributed by atoms with van der Waals surface area (Å²) in [6.07, 6.45) is 1.75. The lowest BCUT2D eigenvalue weighted by Gasteiger charge is -2.29. The van der Waals surface area contributed by atoms with Crippen LogP contribution in [0, 0.1) is 13.8 Å². The normalized spacial score (nSPS) is 14.7. The van der Waals surface area contributed by atoms with Crippen LogP contribution in [0.25, 0.3) is 0 Å². The zero-order valence-electron chi connectivity index (χ0n) is 18.2. The number of hydrazone groups is 1. The Kier molecular flexibility index (Phi) is 4.95. The molecule has 3 nitrogen and oxygen atoms in total. The molecule has 0 fully saturated rings. The number of benzene rings is 4. The lowest BCUT2D eigenvalue weighted by atomic mass is 9.70. The summed E-state index contributed by atoms with van der Waals surface area (Å²) >= 11 is 0. The molecule has 1 aliphatic heterocycles. The Bertz CT molecular complexity index is 1240. The Balaban J connectivity index is 1.74. The van der Waals surface area contributed by atoms with Gasteiger partial charge in [-0.25, -0.2) is 0 Å². The second-order valence-electron chi connectivity index (χ2n) is 8.27. The van der Waals surface area contributed by atoms with Crippen LogP contribution >= 0.6 is 0 Å². The van der Waals surface area contributed by atoms with Crippen LogP contribution in [0.2, 0.25) is 0 Å². The molecule has 5 rings (SSSR count). The van der Waals surface area contributed by atoms with Gasteiger partial charge in [0.05, 0.1) is 11.9 Å². The van der Waals surface area contributed by atoms with E-state index in [1.165, 1.54) is 0 Å². The number of rotatable bonds is 4. The minimum atomic E-state index is -0.952. The zero-order chi connectivity index (χ0) is 22.1. The minimum absolute atomic E-state index is 0.0708. The molecule has 0 bridgehead atoms. The molecule has 0 aliphatic carbocycles. The molecule has 0 saturated carbocycles. The molecular weight excluding hydrogens is 392 g/mol. The van der Waals surface area contributed by atoms with Crippen molar-refractivity contribution in [2.45, 2.75) is 19.3 Å². The molecule has 0 N–H and O–H groups in total. The lowest BCUT2D eigenvalue weighted by Crippen LogP contribution is -2.40. The number of aryl methyl sites for hydroxylation is 2. The predicted molar refractivity (Wildman–Crippen MR) is 130 cm³/mol. The molecule has 4 aromatic rings. The maximum absolute atomic E-state index is 14.3. The second-order valence-corrected chi connectivity index (χ2v) is 8.27. The van der Waals surface area contributed by atoms with E-state index in [4.69, 9.17) is 0 Å². The standard InChI is InChI=1S/C29H24N2O/c1-21-12-16-24(17-13-21)29(25-18-14-22(2)15-19-25)26-10-6-7-11-27(26)31(28(29)32)30-20-23-8-4-3-5-9-23/h3-20H,1-2H3/b30-20+. The Morgan fingerprint density at radius 1 is 0.688 bits per heavy atom. The Hall–Kier alpha value is -3.98. The van der Waals surface area contributed by atoms with E-state index >= 15 is 0 Å². The number of amides is 1. The van der Waals surface area contributed by atoms with Crippen molar-refractivity contribution >= 4 is 17.8 Å². The maximum Gasteiger partial charge on any atom is 0.267 e. The van der Waals surface area contributed by atoms with Gasteiger partial charge in [-0.15, -0.1) is 0 Å². The molecule has 0 spiro atoms. The van der Waals surface area contributed by atoms with Gasteiger partial charge in [-0.1, -0.05) is 108 Å². The van der Waals surface area contributed by atoms with E-state index in [2.05, 4.69) is 67.5 Å². The van der Waals surface area contributed by atoms with Gasteiger partial charge in [-0.05, 0) is 36.6 Å². The molecule has 1 aliphatic rings. The van der Waals surface area contributed by atoms with Crippen molar-refractivity contribution in [3.63, 3.8) is 0 Å². The van der Waals surface area contributed by atoms with Gasteiger partial charge in [0, 0.05) is 5.56 Å². The van der Waals surface area contributed by atoms with Crippen molar-refractivity contribution in [1.82, 2.24) is 0 Å². The zero-order valence-corrected chi connectivity index (χ0v) is 18.2. The molecule has 1 heterocycles. The monoisotopic (exact) mass is 416 g/mol. The summed E-state index contributed by atoms with van der Waals surface area (Å²) in [6.45, 7) is 4.12. The van der Waals surface area contributed by atoms with Crippen LogP contribution in [-0.2, 0) is 10.2 Å². The van der Waals surface area contributed by atoms with Gasteiger partial charge in [-0.3, -0.25) is 4.79 Å². The second kappa shape index (κ2) is 7.93. The summed E-state index contributed by atoms with van der Waals surface area (Å²) in [5.74, 6) is -0.0708. The lowest BCUT2D eigenvalue weighted by molar-refractivity contribution is -0.120. The number of fused-ring (bicyclic) bond motifs is 1. The number of carbonyl (C=O) groups is 1. The average Bonchev–Trinajstić information content (AvgIpc) is 3.08. The maximum atomic E-state index is 14.3. The quantitative estimate of drug-likeness (QED) is 0.375. The third-order valence-electron chi connectivity index (χ3n) is 6.14. The summed E-state index contributed by atoms with van der Waals surface area (Å²) in [5, 5.41) is 6.21. The van der Waals surface area contributed by atoms with Crippen LogP contribution in [-0.4, -0.2) is 12.1 Å².